The molecule has 0 spiro atoms. The third kappa shape index (κ3) is 1.04. The summed E-state index contributed by atoms with van der Waals surface area (Å²) in [5, 5.41) is 9.41. The Hall–Kier alpha value is -2.37. The zero-order chi connectivity index (χ0) is 11.3. The fourth-order valence-electron chi connectivity index (χ4n) is 1.73. The predicted molar refractivity (Wildman–Crippen MR) is 54.9 cm³/mol. The highest BCUT2D eigenvalue weighted by Crippen LogP contribution is 2.20. The highest BCUT2D eigenvalue weighted by Gasteiger charge is 2.11. The quantitative estimate of drug-likeness (QED) is 0.593. The Morgan fingerprint density at radius 1 is 1.44 bits per heavy atom. The van der Waals surface area contributed by atoms with E-state index in [-0.39, 0.29) is 16.9 Å². The third-order valence-electron chi connectivity index (χ3n) is 2.39. The molecule has 0 saturated carbocycles. The van der Waals surface area contributed by atoms with E-state index in [1.807, 2.05) is 0 Å². The lowest BCUT2D eigenvalue weighted by molar-refractivity contribution is 0.457. The Morgan fingerprint density at radius 3 is 3.06 bits per heavy atom. The first-order chi connectivity index (χ1) is 7.66. The Balaban J connectivity index is 2.71. The molecule has 0 radical (unpaired) electrons. The average Bonchev–Trinajstić information content (AvgIpc) is 2.60. The summed E-state index contributed by atoms with van der Waals surface area (Å²) >= 11 is 0. The van der Waals surface area contributed by atoms with E-state index in [0.717, 1.165) is 10.6 Å². The van der Waals surface area contributed by atoms with E-state index in [1.165, 1.54) is 12.1 Å². The van der Waals surface area contributed by atoms with Crippen molar-refractivity contribution in [1.82, 2.24) is 14.4 Å². The van der Waals surface area contributed by atoms with Crippen molar-refractivity contribution in [1.29, 1.82) is 0 Å². The molecule has 3 rings (SSSR count). The van der Waals surface area contributed by atoms with Crippen LogP contribution in [0.2, 0.25) is 0 Å². The van der Waals surface area contributed by atoms with Gasteiger partial charge in [-0.3, -0.25) is 0 Å². The van der Waals surface area contributed by atoms with Crippen LogP contribution in [-0.4, -0.2) is 19.5 Å². The van der Waals surface area contributed by atoms with Crippen molar-refractivity contribution < 1.29 is 9.50 Å². The van der Waals surface area contributed by atoms with Crippen LogP contribution in [0, 0.1) is 5.82 Å². The van der Waals surface area contributed by atoms with Crippen LogP contribution in [-0.2, 0) is 0 Å². The van der Waals surface area contributed by atoms with Gasteiger partial charge in [0.1, 0.15) is 5.82 Å². The van der Waals surface area contributed by atoms with E-state index in [1.54, 1.807) is 6.07 Å². The van der Waals surface area contributed by atoms with Gasteiger partial charge in [0, 0.05) is 0 Å². The summed E-state index contributed by atoms with van der Waals surface area (Å²) in [6, 6.07) is 4.34. The zero-order valence-corrected chi connectivity index (χ0v) is 7.94. The maximum absolute atomic E-state index is 13.6. The molecule has 0 unspecified atom stereocenters. The monoisotopic (exact) mass is 219 g/mol. The molecule has 0 atom stereocenters. The standard InChI is InChI=1S/C10H6FN3O2/c11-5-2-1-3-6-8(5)9-13-7(15)4-14(9)10(16)12-6/h1-4,15H,(H,12,16). The molecule has 0 bridgehead atoms. The number of nitrogens with one attached hydrogen (secondary N) is 1. The number of H-pyrrole nitrogens is 1. The van der Waals surface area contributed by atoms with Crippen LogP contribution >= 0.6 is 0 Å². The van der Waals surface area contributed by atoms with Gasteiger partial charge in [-0.2, -0.15) is 4.98 Å². The molecule has 0 amide bonds. The molecule has 2 N–H and O–H groups in total. The van der Waals surface area contributed by atoms with E-state index < -0.39 is 11.5 Å². The second-order valence-electron chi connectivity index (χ2n) is 3.39. The lowest BCUT2D eigenvalue weighted by atomic mass is 10.2. The Bertz CT molecular complexity index is 760. The van der Waals surface area contributed by atoms with Crippen LogP contribution < -0.4 is 5.69 Å². The van der Waals surface area contributed by atoms with Crippen molar-refractivity contribution in [2.24, 2.45) is 0 Å². The normalized spacial score (nSPS) is 11.3. The van der Waals surface area contributed by atoms with E-state index >= 15 is 0 Å². The first-order valence-electron chi connectivity index (χ1n) is 4.55. The average molecular weight is 219 g/mol. The minimum absolute atomic E-state index is 0.106. The molecule has 16 heavy (non-hydrogen) atoms. The molecule has 0 aliphatic heterocycles. The highest BCUT2D eigenvalue weighted by atomic mass is 19.1. The maximum atomic E-state index is 13.6. The summed E-state index contributed by atoms with van der Waals surface area (Å²) in [5.74, 6) is -0.814. The number of benzene rings is 1. The molecular weight excluding hydrogens is 213 g/mol. The number of aromatic nitrogens is 3. The van der Waals surface area contributed by atoms with Crippen molar-refractivity contribution in [2.45, 2.75) is 0 Å². The van der Waals surface area contributed by atoms with Gasteiger partial charge in [-0.05, 0) is 12.1 Å². The van der Waals surface area contributed by atoms with Crippen LogP contribution in [0.25, 0.3) is 16.6 Å². The summed E-state index contributed by atoms with van der Waals surface area (Å²) in [4.78, 5) is 17.8. The van der Waals surface area contributed by atoms with E-state index in [0.29, 0.717) is 5.52 Å². The number of aromatic hydroxyl groups is 1. The van der Waals surface area contributed by atoms with E-state index in [9.17, 15) is 14.3 Å². The summed E-state index contributed by atoms with van der Waals surface area (Å²) in [5.41, 5.74) is -0.0154. The number of imidazole rings is 1. The van der Waals surface area contributed by atoms with Crippen LogP contribution in [0.1, 0.15) is 0 Å². The van der Waals surface area contributed by atoms with Crippen molar-refractivity contribution in [2.75, 3.05) is 0 Å². The lowest BCUT2D eigenvalue weighted by Crippen LogP contribution is -2.15. The van der Waals surface area contributed by atoms with Gasteiger partial charge in [-0.15, -0.1) is 0 Å². The first kappa shape index (κ1) is 8.90. The van der Waals surface area contributed by atoms with Gasteiger partial charge in [0.15, 0.2) is 5.65 Å². The summed E-state index contributed by atoms with van der Waals surface area (Å²) in [6.45, 7) is 0. The molecule has 5 nitrogen and oxygen atoms in total. The minimum atomic E-state index is -0.496. The molecule has 2 heterocycles. The van der Waals surface area contributed by atoms with E-state index in [2.05, 4.69) is 9.97 Å². The minimum Gasteiger partial charge on any atom is -0.492 e. The number of fused-ring (bicyclic) bond motifs is 3. The Kier molecular flexibility index (Phi) is 1.57. The molecule has 0 fully saturated rings. The summed E-state index contributed by atoms with van der Waals surface area (Å²) < 4.78 is 14.7. The maximum Gasteiger partial charge on any atom is 0.331 e. The molecule has 0 saturated heterocycles. The number of halogens is 1. The van der Waals surface area contributed by atoms with Crippen LogP contribution in [0.15, 0.2) is 29.2 Å². The van der Waals surface area contributed by atoms with Gasteiger partial charge in [0.05, 0.1) is 17.1 Å². The molecule has 0 aliphatic rings. The molecule has 6 heteroatoms. The van der Waals surface area contributed by atoms with Crippen molar-refractivity contribution >= 4 is 16.6 Å². The van der Waals surface area contributed by atoms with Gasteiger partial charge in [0.2, 0.25) is 5.88 Å². The van der Waals surface area contributed by atoms with Gasteiger partial charge in [-0.25, -0.2) is 13.6 Å². The number of hydrogen-bond donors (Lipinski definition) is 2. The predicted octanol–water partition coefficient (Wildman–Crippen LogP) is 1.02. The molecule has 3 aromatic rings. The molecule has 0 aliphatic carbocycles. The summed E-state index contributed by atoms with van der Waals surface area (Å²) in [7, 11) is 0. The fraction of sp³-hybridized carbons (Fsp3) is 0. The highest BCUT2D eigenvalue weighted by molar-refractivity contribution is 5.91. The second kappa shape index (κ2) is 2.82. The largest absolute Gasteiger partial charge is 0.492 e. The number of aromatic amines is 1. The molecule has 1 aromatic carbocycles. The topological polar surface area (TPSA) is 70.4 Å². The van der Waals surface area contributed by atoms with Crippen LogP contribution in [0.3, 0.4) is 0 Å². The number of nitrogens with zero attached hydrogens (tertiary/aromatic N) is 2. The SMILES string of the molecule is O=c1[nH]c2cccc(F)c2c2nc(O)cn12. The van der Waals surface area contributed by atoms with Gasteiger partial charge in [0.25, 0.3) is 0 Å². The molecular formula is C10H6FN3O2. The zero-order valence-electron chi connectivity index (χ0n) is 7.94. The molecule has 80 valence electrons. The second-order valence-corrected chi connectivity index (χ2v) is 3.39. The van der Waals surface area contributed by atoms with Crippen molar-refractivity contribution in [3.63, 3.8) is 0 Å². The Labute approximate surface area is 87.8 Å². The van der Waals surface area contributed by atoms with Gasteiger partial charge in [-0.1, -0.05) is 6.07 Å². The number of hydrogen-bond acceptors (Lipinski definition) is 3. The number of rotatable bonds is 0. The van der Waals surface area contributed by atoms with Crippen LogP contribution in [0.4, 0.5) is 4.39 Å². The third-order valence-corrected chi connectivity index (χ3v) is 2.39. The van der Waals surface area contributed by atoms with Crippen LogP contribution in [0.5, 0.6) is 5.88 Å². The summed E-state index contributed by atoms with van der Waals surface area (Å²) in [6.07, 6.45) is 1.14. The van der Waals surface area contributed by atoms with E-state index in [4.69, 9.17) is 0 Å². The molecule has 2 aromatic heterocycles. The van der Waals surface area contributed by atoms with Crippen molar-refractivity contribution in [3.05, 3.63) is 40.7 Å². The van der Waals surface area contributed by atoms with Crippen molar-refractivity contribution in [3.8, 4) is 5.88 Å². The first-order valence-corrected chi connectivity index (χ1v) is 4.55. The fourth-order valence-corrected chi connectivity index (χ4v) is 1.73. The smallest absolute Gasteiger partial charge is 0.331 e. The Morgan fingerprint density at radius 2 is 2.25 bits per heavy atom. The lowest BCUT2D eigenvalue weighted by Gasteiger charge is -2.00. The van der Waals surface area contributed by atoms with Gasteiger partial charge < -0.3 is 10.1 Å². The van der Waals surface area contributed by atoms with Gasteiger partial charge >= 0.3 is 5.69 Å².